The van der Waals surface area contributed by atoms with Gasteiger partial charge in [0.05, 0.1) is 60.1 Å². The van der Waals surface area contributed by atoms with Gasteiger partial charge in [-0.25, -0.2) is 16.8 Å². The van der Waals surface area contributed by atoms with E-state index < -0.39 is 72.8 Å². The molecule has 6 rings (SSSR count). The molecule has 2 aromatic carbocycles. The lowest BCUT2D eigenvalue weighted by Crippen LogP contribution is -2.72. The summed E-state index contributed by atoms with van der Waals surface area (Å²) in [6.45, 7) is -1.55. The number of hydrogen-bond donors (Lipinski definition) is 0. The van der Waals surface area contributed by atoms with Crippen LogP contribution in [0.5, 0.6) is 11.5 Å². The van der Waals surface area contributed by atoms with E-state index in [1.165, 1.54) is 62.8 Å². The van der Waals surface area contributed by atoms with E-state index in [2.05, 4.69) is 0 Å². The molecule has 2 fully saturated rings. The maximum atomic E-state index is 17.1. The second-order valence-electron chi connectivity index (χ2n) is 16.3. The van der Waals surface area contributed by atoms with Gasteiger partial charge in [-0.15, -0.1) is 0 Å². The van der Waals surface area contributed by atoms with Crippen molar-refractivity contribution in [3.63, 3.8) is 0 Å². The Bertz CT molecular complexity index is 2190. The smallest absolute Gasteiger partial charge is 0.321 e. The number of Topliss-reactive ketones (excluding diaryl/α,β-unsaturated/α-hetero) is 1. The quantitative estimate of drug-likeness (QED) is 0.151. The number of ketones is 1. The molecule has 4 aliphatic carbocycles. The summed E-state index contributed by atoms with van der Waals surface area (Å²) in [4.78, 5) is 43.9. The zero-order valence-corrected chi connectivity index (χ0v) is 38.6. The molecule has 0 spiro atoms. The molecular formula is C45H54Cl2N2O11S2. The summed E-state index contributed by atoms with van der Waals surface area (Å²) < 4.78 is 84.5. The summed E-state index contributed by atoms with van der Waals surface area (Å²) in [5.74, 6) is -1.33. The van der Waals surface area contributed by atoms with E-state index in [4.69, 9.17) is 42.1 Å². The lowest BCUT2D eigenvalue weighted by Gasteiger charge is -2.62. The SMILES string of the molecule is COC(=O)CN(C1(C2(C(=O)C3(C4(N(CC(=O)OC)S(=O)(=O)c5ccc(OC)cc5)C=C(Cl)C=CC4)CCCCC3)CCCCC2)C=C(Cl)C=CC1)S(=O)(=O)c1ccc(OC)cc1. The van der Waals surface area contributed by atoms with Gasteiger partial charge in [-0.05, 0) is 111 Å². The van der Waals surface area contributed by atoms with Crippen LogP contribution >= 0.6 is 23.2 Å². The third-order valence-electron chi connectivity index (χ3n) is 13.3. The zero-order chi connectivity index (χ0) is 45.0. The topological polar surface area (TPSA) is 163 Å². The highest BCUT2D eigenvalue weighted by Gasteiger charge is 2.70. The Morgan fingerprint density at radius 2 is 0.903 bits per heavy atom. The molecule has 13 nitrogen and oxygen atoms in total. The fourth-order valence-corrected chi connectivity index (χ4v) is 14.4. The van der Waals surface area contributed by atoms with Crippen molar-refractivity contribution in [1.29, 1.82) is 0 Å². The number of nitrogens with zero attached hydrogens (tertiary/aromatic N) is 2. The first-order valence-corrected chi connectivity index (χ1v) is 24.3. The number of allylic oxidation sites excluding steroid dienone is 4. The summed E-state index contributed by atoms with van der Waals surface area (Å²) in [6, 6.07) is 11.5. The number of carbonyl (C=O) groups excluding carboxylic acids is 3. The number of halogens is 2. The first-order chi connectivity index (χ1) is 29.5. The van der Waals surface area contributed by atoms with Crippen LogP contribution in [0.15, 0.2) is 105 Å². The van der Waals surface area contributed by atoms with E-state index in [0.717, 1.165) is 35.7 Å². The molecule has 0 aliphatic heterocycles. The minimum atomic E-state index is -4.67. The Hall–Kier alpha value is -3.99. The van der Waals surface area contributed by atoms with Gasteiger partial charge in [-0.1, -0.05) is 73.9 Å². The van der Waals surface area contributed by atoms with Gasteiger partial charge in [-0.2, -0.15) is 8.61 Å². The third kappa shape index (κ3) is 8.40. The second-order valence-corrected chi connectivity index (χ2v) is 20.9. The molecule has 2 atom stereocenters. The zero-order valence-electron chi connectivity index (χ0n) is 35.4. The van der Waals surface area contributed by atoms with Gasteiger partial charge < -0.3 is 18.9 Å². The first kappa shape index (κ1) is 47.5. The van der Waals surface area contributed by atoms with Crippen molar-refractivity contribution in [3.8, 4) is 11.5 Å². The van der Waals surface area contributed by atoms with Crippen molar-refractivity contribution in [2.75, 3.05) is 41.5 Å². The van der Waals surface area contributed by atoms with Crippen LogP contribution < -0.4 is 9.47 Å². The predicted molar refractivity (Wildman–Crippen MR) is 235 cm³/mol. The molecule has 0 N–H and O–H groups in total. The van der Waals surface area contributed by atoms with E-state index in [0.29, 0.717) is 37.2 Å². The summed E-state index contributed by atoms with van der Waals surface area (Å²) in [7, 11) is -4.11. The summed E-state index contributed by atoms with van der Waals surface area (Å²) in [5.41, 5.74) is -6.91. The molecule has 0 aromatic heterocycles. The molecule has 2 unspecified atom stereocenters. The molecule has 2 saturated carbocycles. The van der Waals surface area contributed by atoms with Crippen molar-refractivity contribution in [2.45, 2.75) is 97.9 Å². The molecule has 0 heterocycles. The molecule has 4 aliphatic rings. The number of carbonyl (C=O) groups is 3. The number of esters is 2. The number of hydrogen-bond acceptors (Lipinski definition) is 11. The van der Waals surface area contributed by atoms with Crippen molar-refractivity contribution in [1.82, 2.24) is 8.61 Å². The van der Waals surface area contributed by atoms with Crippen molar-refractivity contribution < 1.29 is 50.2 Å². The Morgan fingerprint density at radius 3 is 1.19 bits per heavy atom. The Balaban J connectivity index is 1.69. The monoisotopic (exact) mass is 932 g/mol. The fraction of sp³-hybridized carbons (Fsp3) is 0.489. The second kappa shape index (κ2) is 19.0. The van der Waals surface area contributed by atoms with Gasteiger partial charge in [0.1, 0.15) is 30.4 Å². The molecule has 2 aromatic rings. The predicted octanol–water partition coefficient (Wildman–Crippen LogP) is 7.84. The highest BCUT2D eigenvalue weighted by molar-refractivity contribution is 7.89. The van der Waals surface area contributed by atoms with Crippen LogP contribution in [0, 0.1) is 10.8 Å². The normalized spacial score (nSPS) is 23.5. The van der Waals surface area contributed by atoms with Gasteiger partial charge in [-0.3, -0.25) is 14.4 Å². The highest BCUT2D eigenvalue weighted by Crippen LogP contribution is 2.63. The largest absolute Gasteiger partial charge is 0.497 e. The van der Waals surface area contributed by atoms with Crippen LogP contribution in [0.2, 0.25) is 0 Å². The molecule has 0 bridgehead atoms. The molecule has 336 valence electrons. The molecule has 0 radical (unpaired) electrons. The summed E-state index contributed by atoms with van der Waals surface area (Å²) in [6.07, 6.45) is 13.9. The van der Waals surface area contributed by atoms with Crippen LogP contribution in [0.4, 0.5) is 0 Å². The number of methoxy groups -OCH3 is 4. The van der Waals surface area contributed by atoms with E-state index in [1.54, 1.807) is 36.5 Å². The third-order valence-corrected chi connectivity index (χ3v) is 17.6. The number of ether oxygens (including phenoxy) is 4. The molecule has 17 heteroatoms. The van der Waals surface area contributed by atoms with E-state index >= 15 is 21.6 Å². The van der Waals surface area contributed by atoms with Gasteiger partial charge in [0.2, 0.25) is 20.0 Å². The van der Waals surface area contributed by atoms with Crippen molar-refractivity contribution >= 4 is 61.0 Å². The van der Waals surface area contributed by atoms with Gasteiger partial charge >= 0.3 is 11.9 Å². The maximum absolute atomic E-state index is 17.1. The lowest BCUT2D eigenvalue weighted by molar-refractivity contribution is -0.162. The fourth-order valence-electron chi connectivity index (χ4n) is 10.3. The van der Waals surface area contributed by atoms with Gasteiger partial charge in [0.25, 0.3) is 0 Å². The van der Waals surface area contributed by atoms with E-state index in [1.807, 2.05) is 0 Å². The Labute approximate surface area is 374 Å². The highest BCUT2D eigenvalue weighted by atomic mass is 35.5. The van der Waals surface area contributed by atoms with Crippen LogP contribution in [0.3, 0.4) is 0 Å². The average Bonchev–Trinajstić information content (AvgIpc) is 3.29. The number of sulfonamides is 2. The number of benzene rings is 2. The molecule has 0 saturated heterocycles. The van der Waals surface area contributed by atoms with E-state index in [9.17, 15) is 9.59 Å². The molecule has 0 amide bonds. The first-order valence-electron chi connectivity index (χ1n) is 20.6. The lowest BCUT2D eigenvalue weighted by atomic mass is 9.47. The Morgan fingerprint density at radius 1 is 0.565 bits per heavy atom. The minimum Gasteiger partial charge on any atom is -0.497 e. The minimum absolute atomic E-state index is 0.0586. The maximum Gasteiger partial charge on any atom is 0.321 e. The summed E-state index contributed by atoms with van der Waals surface area (Å²) in [5, 5.41) is 0.304. The van der Waals surface area contributed by atoms with Gasteiger partial charge in [0, 0.05) is 10.1 Å². The van der Waals surface area contributed by atoms with Crippen molar-refractivity contribution in [2.24, 2.45) is 10.8 Å². The van der Waals surface area contributed by atoms with E-state index in [-0.39, 0.29) is 58.4 Å². The Kier molecular flexibility index (Phi) is 14.6. The van der Waals surface area contributed by atoms with Crippen LogP contribution in [-0.4, -0.2) is 95.8 Å². The van der Waals surface area contributed by atoms with Crippen LogP contribution in [0.25, 0.3) is 0 Å². The standard InChI is InChI=1S/C45H54Cl2N2O11S2/c1-57-35-15-19-37(20-16-35)61(53,54)48(31-39(50)59-3)44(27-11-13-33(46)29-44)42(23-7-5-8-24-42)41(52)43(25-9-6-10-26-43)45(28-12-14-34(47)30-45)49(32-40(51)60-4)62(55,56)38-21-17-36(58-2)18-22-38/h11-22,29-30H,5-10,23-28,31-32H2,1-4H3. The summed E-state index contributed by atoms with van der Waals surface area (Å²) >= 11 is 13.9. The van der Waals surface area contributed by atoms with Crippen LogP contribution in [0.1, 0.15) is 77.0 Å². The van der Waals surface area contributed by atoms with Gasteiger partial charge in [0.15, 0.2) is 0 Å². The number of rotatable bonds is 16. The molecule has 62 heavy (non-hydrogen) atoms. The average molecular weight is 934 g/mol. The van der Waals surface area contributed by atoms with Crippen molar-refractivity contribution in [3.05, 3.63) is 95.1 Å². The molecular weight excluding hydrogens is 880 g/mol. The van der Waals surface area contributed by atoms with Crippen LogP contribution in [-0.2, 0) is 43.9 Å².